The first-order chi connectivity index (χ1) is 10.5. The van der Waals surface area contributed by atoms with Gasteiger partial charge in [0.15, 0.2) is 0 Å². The van der Waals surface area contributed by atoms with E-state index in [0.29, 0.717) is 6.67 Å². The zero-order chi connectivity index (χ0) is 15.7. The van der Waals surface area contributed by atoms with Crippen LogP contribution in [0, 0.1) is 17.0 Å². The van der Waals surface area contributed by atoms with Crippen molar-refractivity contribution in [2.45, 2.75) is 20.1 Å². The van der Waals surface area contributed by atoms with Gasteiger partial charge in [0.1, 0.15) is 0 Å². The highest BCUT2D eigenvalue weighted by atomic mass is 32.1. The zero-order valence-electron chi connectivity index (χ0n) is 12.3. The number of fused-ring (bicyclic) bond motifs is 1. The van der Waals surface area contributed by atoms with Gasteiger partial charge in [-0.1, -0.05) is 0 Å². The van der Waals surface area contributed by atoms with Gasteiger partial charge in [0.2, 0.25) is 0 Å². The maximum atomic E-state index is 10.8. The number of hydrogen-bond donors (Lipinski definition) is 0. The van der Waals surface area contributed by atoms with E-state index in [0.717, 1.165) is 28.1 Å². The van der Waals surface area contributed by atoms with Crippen molar-refractivity contribution in [3.8, 4) is 0 Å². The summed E-state index contributed by atoms with van der Waals surface area (Å²) in [5.41, 5.74) is 2.00. The molecule has 0 spiro atoms. The van der Waals surface area contributed by atoms with Gasteiger partial charge in [-0.2, -0.15) is 5.10 Å². The first-order valence-corrected chi connectivity index (χ1v) is 7.60. The van der Waals surface area contributed by atoms with Gasteiger partial charge in [0, 0.05) is 29.4 Å². The lowest BCUT2D eigenvalue weighted by atomic mass is 10.2. The molecule has 1 aromatic carbocycles. The maximum Gasteiger partial charge on any atom is 0.270 e. The first-order valence-electron chi connectivity index (χ1n) is 6.72. The van der Waals surface area contributed by atoms with Crippen LogP contribution >= 0.6 is 11.3 Å². The Morgan fingerprint density at radius 2 is 2.27 bits per heavy atom. The normalized spacial score (nSPS) is 11.4. The van der Waals surface area contributed by atoms with Crippen LogP contribution in [0.4, 0.5) is 5.69 Å². The topological polar surface area (TPSA) is 77.1 Å². The van der Waals surface area contributed by atoms with Crippen molar-refractivity contribution >= 4 is 27.9 Å². The molecule has 7 nitrogen and oxygen atoms in total. The van der Waals surface area contributed by atoms with Crippen LogP contribution in [0.25, 0.3) is 10.9 Å². The van der Waals surface area contributed by atoms with Crippen LogP contribution in [0.3, 0.4) is 0 Å². The molecule has 0 radical (unpaired) electrons. The molecule has 3 aromatic rings. The van der Waals surface area contributed by atoms with Crippen molar-refractivity contribution in [3.05, 3.63) is 50.6 Å². The van der Waals surface area contributed by atoms with Gasteiger partial charge in [0.05, 0.1) is 34.0 Å². The monoisotopic (exact) mass is 317 g/mol. The van der Waals surface area contributed by atoms with Crippen LogP contribution in [-0.2, 0) is 13.2 Å². The van der Waals surface area contributed by atoms with Gasteiger partial charge in [-0.05, 0) is 20.0 Å². The van der Waals surface area contributed by atoms with Crippen molar-refractivity contribution in [3.63, 3.8) is 0 Å². The third-order valence-electron chi connectivity index (χ3n) is 3.31. The third-order valence-corrected chi connectivity index (χ3v) is 4.13. The third kappa shape index (κ3) is 2.97. The summed E-state index contributed by atoms with van der Waals surface area (Å²) in [6, 6.07) is 4.79. The van der Waals surface area contributed by atoms with E-state index >= 15 is 0 Å². The van der Waals surface area contributed by atoms with Gasteiger partial charge in [-0.25, -0.2) is 4.98 Å². The molecule has 114 valence electrons. The van der Waals surface area contributed by atoms with E-state index in [1.807, 2.05) is 18.7 Å². The number of thiazole rings is 1. The second-order valence-corrected chi connectivity index (χ2v) is 6.22. The van der Waals surface area contributed by atoms with Gasteiger partial charge in [-0.3, -0.25) is 19.7 Å². The van der Waals surface area contributed by atoms with E-state index in [-0.39, 0.29) is 5.69 Å². The molecule has 0 bridgehead atoms. The van der Waals surface area contributed by atoms with Gasteiger partial charge in [0.25, 0.3) is 5.69 Å². The lowest BCUT2D eigenvalue weighted by molar-refractivity contribution is -0.384. The van der Waals surface area contributed by atoms with Crippen molar-refractivity contribution in [1.82, 2.24) is 19.7 Å². The molecule has 0 unspecified atom stereocenters. The molecule has 2 aromatic heterocycles. The molecule has 0 aliphatic rings. The molecule has 0 atom stereocenters. The molecular weight excluding hydrogens is 302 g/mol. The number of nitro groups is 1. The summed E-state index contributed by atoms with van der Waals surface area (Å²) in [5, 5.41) is 19.0. The minimum atomic E-state index is -0.395. The number of nitro benzene ring substituents is 1. The molecule has 0 saturated heterocycles. The van der Waals surface area contributed by atoms with Crippen LogP contribution in [-0.4, -0.2) is 31.6 Å². The molecule has 0 fully saturated rings. The van der Waals surface area contributed by atoms with Crippen molar-refractivity contribution in [1.29, 1.82) is 0 Å². The van der Waals surface area contributed by atoms with E-state index < -0.39 is 4.92 Å². The van der Waals surface area contributed by atoms with Crippen LogP contribution in [0.1, 0.15) is 10.7 Å². The number of hydrogen-bond acceptors (Lipinski definition) is 6. The second kappa shape index (κ2) is 5.82. The Morgan fingerprint density at radius 3 is 2.95 bits per heavy atom. The SMILES string of the molecule is Cc1nc(CN(C)Cn2ncc3cc([N+](=O)[O-])ccc32)cs1. The second-order valence-electron chi connectivity index (χ2n) is 5.16. The summed E-state index contributed by atoms with van der Waals surface area (Å²) in [6.45, 7) is 3.32. The Balaban J connectivity index is 1.77. The minimum Gasteiger partial charge on any atom is -0.282 e. The Bertz CT molecular complexity index is 826. The number of aryl methyl sites for hydroxylation is 1. The van der Waals surface area contributed by atoms with Crippen molar-refractivity contribution < 1.29 is 4.92 Å². The summed E-state index contributed by atoms with van der Waals surface area (Å²) in [7, 11) is 1.99. The highest BCUT2D eigenvalue weighted by Gasteiger charge is 2.11. The van der Waals surface area contributed by atoms with Crippen molar-refractivity contribution in [2.24, 2.45) is 0 Å². The van der Waals surface area contributed by atoms with Crippen LogP contribution in [0.2, 0.25) is 0 Å². The Hall–Kier alpha value is -2.32. The molecule has 3 rings (SSSR count). The average molecular weight is 317 g/mol. The van der Waals surface area contributed by atoms with Crippen LogP contribution in [0.5, 0.6) is 0 Å². The van der Waals surface area contributed by atoms with E-state index in [1.54, 1.807) is 29.7 Å². The summed E-state index contributed by atoms with van der Waals surface area (Å²) >= 11 is 1.64. The van der Waals surface area contributed by atoms with E-state index in [4.69, 9.17) is 0 Å². The predicted molar refractivity (Wildman–Crippen MR) is 84.7 cm³/mol. The molecule has 0 aliphatic carbocycles. The molecule has 0 amide bonds. The molecule has 22 heavy (non-hydrogen) atoms. The fourth-order valence-corrected chi connectivity index (χ4v) is 2.94. The highest BCUT2D eigenvalue weighted by molar-refractivity contribution is 7.09. The highest BCUT2D eigenvalue weighted by Crippen LogP contribution is 2.21. The number of nitrogens with zero attached hydrogens (tertiary/aromatic N) is 5. The molecule has 0 saturated carbocycles. The van der Waals surface area contributed by atoms with E-state index in [9.17, 15) is 10.1 Å². The van der Waals surface area contributed by atoms with E-state index in [2.05, 4.69) is 20.4 Å². The quantitative estimate of drug-likeness (QED) is 0.534. The lowest BCUT2D eigenvalue weighted by Gasteiger charge is -2.15. The standard InChI is InChI=1S/C14H15N5O2S/c1-10-16-12(8-22-10)7-17(2)9-18-14-4-3-13(19(20)21)5-11(14)6-15-18/h3-6,8H,7,9H2,1-2H3. The first kappa shape index (κ1) is 14.6. The zero-order valence-corrected chi connectivity index (χ0v) is 13.1. The predicted octanol–water partition coefficient (Wildman–Crippen LogP) is 2.80. The van der Waals surface area contributed by atoms with Gasteiger partial charge < -0.3 is 0 Å². The lowest BCUT2D eigenvalue weighted by Crippen LogP contribution is -2.22. The van der Waals surface area contributed by atoms with Crippen molar-refractivity contribution in [2.75, 3.05) is 7.05 Å². The molecule has 8 heteroatoms. The van der Waals surface area contributed by atoms with Gasteiger partial charge >= 0.3 is 0 Å². The summed E-state index contributed by atoms with van der Waals surface area (Å²) in [4.78, 5) is 16.9. The fraction of sp³-hybridized carbons (Fsp3) is 0.286. The minimum absolute atomic E-state index is 0.0818. The summed E-state index contributed by atoms with van der Waals surface area (Å²) in [5.74, 6) is 0. The number of benzene rings is 1. The smallest absolute Gasteiger partial charge is 0.270 e. The largest absolute Gasteiger partial charge is 0.282 e. The fourth-order valence-electron chi connectivity index (χ4n) is 2.34. The Morgan fingerprint density at radius 1 is 1.45 bits per heavy atom. The van der Waals surface area contributed by atoms with Crippen LogP contribution < -0.4 is 0 Å². The maximum absolute atomic E-state index is 10.8. The molecule has 0 N–H and O–H groups in total. The Labute approximate surface area is 131 Å². The number of aromatic nitrogens is 3. The molecule has 2 heterocycles. The van der Waals surface area contributed by atoms with E-state index in [1.165, 1.54) is 6.07 Å². The number of non-ortho nitro benzene ring substituents is 1. The van der Waals surface area contributed by atoms with Gasteiger partial charge in [-0.15, -0.1) is 11.3 Å². The average Bonchev–Trinajstić information content (AvgIpc) is 3.05. The molecule has 0 aliphatic heterocycles. The summed E-state index contributed by atoms with van der Waals surface area (Å²) in [6.07, 6.45) is 1.66. The summed E-state index contributed by atoms with van der Waals surface area (Å²) < 4.78 is 1.83. The molecular formula is C14H15N5O2S. The Kier molecular flexibility index (Phi) is 3.86. The number of rotatable bonds is 5. The van der Waals surface area contributed by atoms with Crippen LogP contribution in [0.15, 0.2) is 29.8 Å².